The third-order valence-electron chi connectivity index (χ3n) is 4.23. The van der Waals surface area contributed by atoms with Gasteiger partial charge in [-0.25, -0.2) is 19.3 Å². The number of rotatable bonds is 6. The van der Waals surface area contributed by atoms with Crippen LogP contribution in [0.15, 0.2) is 55.0 Å². The molecule has 4 aromatic rings. The van der Waals surface area contributed by atoms with E-state index in [0.717, 1.165) is 0 Å². The van der Waals surface area contributed by atoms with Gasteiger partial charge in [-0.15, -0.1) is 5.10 Å². The van der Waals surface area contributed by atoms with Crippen LogP contribution in [0.3, 0.4) is 0 Å². The average Bonchev–Trinajstić information content (AvgIpc) is 3.26. The number of carbonyl (C=O) groups excluding carboxylic acids is 2. The maximum Gasteiger partial charge on any atom is 0.340 e. The number of aromatic nitrogens is 5. The molecule has 0 saturated heterocycles. The summed E-state index contributed by atoms with van der Waals surface area (Å²) in [4.78, 5) is 36.9. The van der Waals surface area contributed by atoms with Crippen molar-refractivity contribution in [3.63, 3.8) is 0 Å². The summed E-state index contributed by atoms with van der Waals surface area (Å²) >= 11 is 0. The smallest absolute Gasteiger partial charge is 0.340 e. The van der Waals surface area contributed by atoms with Crippen molar-refractivity contribution in [2.75, 3.05) is 17.2 Å². The highest BCUT2D eigenvalue weighted by molar-refractivity contribution is 6.01. The molecule has 0 fully saturated rings. The normalized spacial score (nSPS) is 10.2. The van der Waals surface area contributed by atoms with Crippen molar-refractivity contribution >= 4 is 34.7 Å². The number of pyridine rings is 2. The minimum atomic E-state index is -0.476. The number of esters is 1. The number of ether oxygens (including phenoxy) is 1. The number of nitrogens with zero attached hydrogens (tertiary/aromatic N) is 5. The fraction of sp³-hybridized carbons (Fsp3) is 0.217. The lowest BCUT2D eigenvalue weighted by atomic mass is 10.2. The SMILES string of the molecule is CC.CCOC(=O)c1ccn2nc(-c3ccccn3)nc(Nc3ccnc(NC(C)=O)c3)c12. The van der Waals surface area contributed by atoms with E-state index >= 15 is 0 Å². The Morgan fingerprint density at radius 2 is 1.91 bits per heavy atom. The zero-order chi connectivity index (χ0) is 23.8. The second-order valence-corrected chi connectivity index (χ2v) is 6.48. The lowest BCUT2D eigenvalue weighted by molar-refractivity contribution is -0.114. The summed E-state index contributed by atoms with van der Waals surface area (Å²) in [5, 5.41) is 10.3. The summed E-state index contributed by atoms with van der Waals surface area (Å²) < 4.78 is 6.73. The van der Waals surface area contributed by atoms with Crippen molar-refractivity contribution in [2.24, 2.45) is 0 Å². The Balaban J connectivity index is 0.00000149. The molecular formula is C23H25N7O3. The van der Waals surface area contributed by atoms with Crippen LogP contribution in [0.4, 0.5) is 17.3 Å². The fourth-order valence-electron chi connectivity index (χ4n) is 2.98. The molecule has 1 amide bonds. The standard InChI is InChI=1S/C21H19N7O3.C2H6/c1-3-31-21(30)15-8-11-28-18(15)20(26-19(27-28)16-6-4-5-9-22-16)25-14-7-10-23-17(12-14)24-13(2)29;1-2/h4-12H,3H2,1-2H3,(H2,23,24,25,26,27,29);1-2H3. The first-order valence-corrected chi connectivity index (χ1v) is 10.5. The predicted octanol–water partition coefficient (Wildman–Crippen LogP) is 4.09. The third kappa shape index (κ3) is 5.48. The van der Waals surface area contributed by atoms with Gasteiger partial charge in [0.05, 0.1) is 12.2 Å². The Hall–Kier alpha value is -4.34. The third-order valence-corrected chi connectivity index (χ3v) is 4.23. The number of fused-ring (bicyclic) bond motifs is 1. The molecule has 0 aliphatic heterocycles. The Morgan fingerprint density at radius 1 is 1.09 bits per heavy atom. The quantitative estimate of drug-likeness (QED) is 0.424. The molecule has 0 radical (unpaired) electrons. The molecule has 0 aromatic carbocycles. The van der Waals surface area contributed by atoms with Crippen LogP contribution in [0.1, 0.15) is 38.1 Å². The maximum absolute atomic E-state index is 12.5. The first kappa shape index (κ1) is 23.3. The van der Waals surface area contributed by atoms with Crippen molar-refractivity contribution < 1.29 is 14.3 Å². The van der Waals surface area contributed by atoms with Gasteiger partial charge in [0.2, 0.25) is 11.7 Å². The van der Waals surface area contributed by atoms with E-state index in [2.05, 4.69) is 30.7 Å². The highest BCUT2D eigenvalue weighted by Crippen LogP contribution is 2.27. The van der Waals surface area contributed by atoms with E-state index < -0.39 is 5.97 Å². The Labute approximate surface area is 191 Å². The lowest BCUT2D eigenvalue weighted by Gasteiger charge is -2.12. The van der Waals surface area contributed by atoms with Crippen LogP contribution in [0.5, 0.6) is 0 Å². The van der Waals surface area contributed by atoms with Crippen molar-refractivity contribution in [3.05, 3.63) is 60.6 Å². The van der Waals surface area contributed by atoms with Crippen LogP contribution < -0.4 is 10.6 Å². The average molecular weight is 447 g/mol. The van der Waals surface area contributed by atoms with Gasteiger partial charge in [0.25, 0.3) is 0 Å². The van der Waals surface area contributed by atoms with E-state index in [4.69, 9.17) is 4.74 Å². The molecule has 0 saturated carbocycles. The topological polar surface area (TPSA) is 123 Å². The van der Waals surface area contributed by atoms with Crippen LogP contribution in [-0.2, 0) is 9.53 Å². The first-order valence-electron chi connectivity index (χ1n) is 10.5. The minimum Gasteiger partial charge on any atom is -0.462 e. The number of amides is 1. The van der Waals surface area contributed by atoms with E-state index in [1.54, 1.807) is 60.4 Å². The Bertz CT molecular complexity index is 1260. The summed E-state index contributed by atoms with van der Waals surface area (Å²) in [6.45, 7) is 7.39. The zero-order valence-corrected chi connectivity index (χ0v) is 18.9. The summed E-state index contributed by atoms with van der Waals surface area (Å²) in [6, 6.07) is 10.4. The Morgan fingerprint density at radius 3 is 2.61 bits per heavy atom. The molecule has 4 rings (SSSR count). The summed E-state index contributed by atoms with van der Waals surface area (Å²) in [5.41, 5.74) is 1.97. The van der Waals surface area contributed by atoms with Gasteiger partial charge < -0.3 is 15.4 Å². The Kier molecular flexibility index (Phi) is 7.64. The van der Waals surface area contributed by atoms with Crippen LogP contribution in [0, 0.1) is 0 Å². The van der Waals surface area contributed by atoms with Crippen LogP contribution in [0.2, 0.25) is 0 Å². The van der Waals surface area contributed by atoms with Crippen molar-refractivity contribution in [1.29, 1.82) is 0 Å². The largest absolute Gasteiger partial charge is 0.462 e. The van der Waals surface area contributed by atoms with E-state index in [-0.39, 0.29) is 12.5 Å². The summed E-state index contributed by atoms with van der Waals surface area (Å²) in [5.74, 6) is 0.425. The minimum absolute atomic E-state index is 0.234. The van der Waals surface area contributed by atoms with Gasteiger partial charge in [-0.2, -0.15) is 0 Å². The molecule has 33 heavy (non-hydrogen) atoms. The molecular weight excluding hydrogens is 422 g/mol. The number of hydrogen-bond acceptors (Lipinski definition) is 8. The van der Waals surface area contributed by atoms with Gasteiger partial charge in [-0.1, -0.05) is 19.9 Å². The molecule has 2 N–H and O–H groups in total. The van der Waals surface area contributed by atoms with Crippen molar-refractivity contribution in [1.82, 2.24) is 24.6 Å². The molecule has 0 atom stereocenters. The molecule has 170 valence electrons. The van der Waals surface area contributed by atoms with Crippen molar-refractivity contribution in [2.45, 2.75) is 27.7 Å². The van der Waals surface area contributed by atoms with Gasteiger partial charge >= 0.3 is 5.97 Å². The molecule has 4 heterocycles. The molecule has 4 aromatic heterocycles. The number of hydrogen-bond donors (Lipinski definition) is 2. The molecule has 10 heteroatoms. The second-order valence-electron chi connectivity index (χ2n) is 6.48. The highest BCUT2D eigenvalue weighted by atomic mass is 16.5. The van der Waals surface area contributed by atoms with Crippen LogP contribution >= 0.6 is 0 Å². The van der Waals surface area contributed by atoms with Gasteiger partial charge in [-0.05, 0) is 31.2 Å². The van der Waals surface area contributed by atoms with Crippen molar-refractivity contribution in [3.8, 4) is 11.5 Å². The lowest BCUT2D eigenvalue weighted by Crippen LogP contribution is -2.10. The summed E-state index contributed by atoms with van der Waals surface area (Å²) in [6.07, 6.45) is 4.87. The summed E-state index contributed by atoms with van der Waals surface area (Å²) in [7, 11) is 0. The molecule has 0 aliphatic carbocycles. The number of carbonyl (C=O) groups is 2. The molecule has 0 bridgehead atoms. The molecule has 10 nitrogen and oxygen atoms in total. The van der Waals surface area contributed by atoms with E-state index in [9.17, 15) is 9.59 Å². The van der Waals surface area contributed by atoms with Gasteiger partial charge in [0, 0.05) is 37.3 Å². The molecule has 0 spiro atoms. The second kappa shape index (κ2) is 10.8. The van der Waals surface area contributed by atoms with Gasteiger partial charge in [-0.3, -0.25) is 9.78 Å². The van der Waals surface area contributed by atoms with Crippen LogP contribution in [-0.4, -0.2) is 43.0 Å². The first-order chi connectivity index (χ1) is 16.0. The zero-order valence-electron chi connectivity index (χ0n) is 18.9. The fourth-order valence-corrected chi connectivity index (χ4v) is 2.98. The van der Waals surface area contributed by atoms with Gasteiger partial charge in [0.15, 0.2) is 5.82 Å². The number of nitrogens with one attached hydrogen (secondary N) is 2. The van der Waals surface area contributed by atoms with E-state index in [1.165, 1.54) is 6.92 Å². The molecule has 0 aliphatic rings. The molecule has 0 unspecified atom stereocenters. The monoisotopic (exact) mass is 447 g/mol. The van der Waals surface area contributed by atoms with E-state index in [0.29, 0.717) is 39.9 Å². The van der Waals surface area contributed by atoms with Gasteiger partial charge in [0.1, 0.15) is 17.0 Å². The predicted molar refractivity (Wildman–Crippen MR) is 125 cm³/mol. The van der Waals surface area contributed by atoms with E-state index in [1.807, 2.05) is 19.9 Å². The maximum atomic E-state index is 12.5. The highest BCUT2D eigenvalue weighted by Gasteiger charge is 2.20. The number of anilines is 3. The van der Waals surface area contributed by atoms with Crippen LogP contribution in [0.25, 0.3) is 17.0 Å².